The molecule has 0 unspecified atom stereocenters. The summed E-state index contributed by atoms with van der Waals surface area (Å²) in [5.74, 6) is 0.722. The van der Waals surface area contributed by atoms with Crippen molar-refractivity contribution in [3.05, 3.63) is 69.3 Å². The maximum atomic E-state index is 11.8. The SMILES string of the molecule is O=C(CCn1ccc(=O)[nH]c1=O)NCCc1noc(-c2ccccc2)n1. The van der Waals surface area contributed by atoms with Crippen LogP contribution in [-0.2, 0) is 17.8 Å². The van der Waals surface area contributed by atoms with Gasteiger partial charge in [0.25, 0.3) is 11.4 Å². The minimum Gasteiger partial charge on any atom is -0.356 e. The zero-order chi connectivity index (χ0) is 18.4. The standard InChI is InChI=1S/C17H17N5O4/c23-14(7-10-22-11-8-15(24)20-17(22)25)18-9-6-13-19-16(26-21-13)12-4-2-1-3-5-12/h1-5,8,11H,6-7,9-10H2,(H,18,23)(H,20,24,25). The molecule has 0 aliphatic carbocycles. The largest absolute Gasteiger partial charge is 0.356 e. The van der Waals surface area contributed by atoms with E-state index >= 15 is 0 Å². The molecular formula is C17H17N5O4. The fourth-order valence-corrected chi connectivity index (χ4v) is 2.30. The number of aryl methyl sites for hydroxylation is 1. The van der Waals surface area contributed by atoms with Crippen LogP contribution in [-0.4, -0.2) is 32.1 Å². The predicted molar refractivity (Wildman–Crippen MR) is 92.4 cm³/mol. The lowest BCUT2D eigenvalue weighted by Gasteiger charge is -2.05. The van der Waals surface area contributed by atoms with Gasteiger partial charge in [-0.05, 0) is 12.1 Å². The van der Waals surface area contributed by atoms with Crippen LogP contribution < -0.4 is 16.6 Å². The molecule has 0 bridgehead atoms. The highest BCUT2D eigenvalue weighted by Gasteiger charge is 2.09. The van der Waals surface area contributed by atoms with Gasteiger partial charge in [0.15, 0.2) is 5.82 Å². The molecule has 2 N–H and O–H groups in total. The Morgan fingerprint density at radius 3 is 2.77 bits per heavy atom. The number of rotatable bonds is 7. The molecule has 9 nitrogen and oxygen atoms in total. The third kappa shape index (κ3) is 4.53. The highest BCUT2D eigenvalue weighted by molar-refractivity contribution is 5.75. The molecule has 2 aromatic heterocycles. The molecule has 26 heavy (non-hydrogen) atoms. The highest BCUT2D eigenvalue weighted by Crippen LogP contribution is 2.15. The Bertz CT molecular complexity index is 990. The Labute approximate surface area is 147 Å². The number of carbonyl (C=O) groups is 1. The number of hydrogen-bond acceptors (Lipinski definition) is 6. The summed E-state index contributed by atoms with van der Waals surface area (Å²) in [4.78, 5) is 40.8. The number of aromatic nitrogens is 4. The van der Waals surface area contributed by atoms with Gasteiger partial charge < -0.3 is 14.4 Å². The molecule has 3 aromatic rings. The molecule has 134 valence electrons. The van der Waals surface area contributed by atoms with E-state index in [4.69, 9.17) is 4.52 Å². The summed E-state index contributed by atoms with van der Waals surface area (Å²) >= 11 is 0. The molecule has 0 radical (unpaired) electrons. The first kappa shape index (κ1) is 17.3. The van der Waals surface area contributed by atoms with E-state index in [-0.39, 0.29) is 18.9 Å². The van der Waals surface area contributed by atoms with E-state index in [1.54, 1.807) is 0 Å². The monoisotopic (exact) mass is 355 g/mol. The Hall–Kier alpha value is -3.49. The van der Waals surface area contributed by atoms with Gasteiger partial charge in [-0.3, -0.25) is 14.6 Å². The summed E-state index contributed by atoms with van der Waals surface area (Å²) in [6, 6.07) is 10.6. The van der Waals surface area contributed by atoms with E-state index in [0.29, 0.717) is 24.7 Å². The number of nitrogens with one attached hydrogen (secondary N) is 2. The summed E-state index contributed by atoms with van der Waals surface area (Å²) in [7, 11) is 0. The maximum absolute atomic E-state index is 11.8. The third-order valence-corrected chi connectivity index (χ3v) is 3.64. The van der Waals surface area contributed by atoms with E-state index in [2.05, 4.69) is 20.4 Å². The molecule has 3 rings (SSSR count). The second kappa shape index (κ2) is 8.06. The maximum Gasteiger partial charge on any atom is 0.328 e. The van der Waals surface area contributed by atoms with E-state index in [1.807, 2.05) is 30.3 Å². The van der Waals surface area contributed by atoms with Gasteiger partial charge in [0.1, 0.15) is 0 Å². The Morgan fingerprint density at radius 2 is 2.00 bits per heavy atom. The summed E-state index contributed by atoms with van der Waals surface area (Å²) in [6.45, 7) is 0.537. The van der Waals surface area contributed by atoms with Gasteiger partial charge in [0.2, 0.25) is 5.91 Å². The van der Waals surface area contributed by atoms with Crippen LogP contribution >= 0.6 is 0 Å². The van der Waals surface area contributed by atoms with Crippen molar-refractivity contribution < 1.29 is 9.32 Å². The minimum atomic E-state index is -0.537. The van der Waals surface area contributed by atoms with Crippen molar-refractivity contribution in [3.8, 4) is 11.5 Å². The molecular weight excluding hydrogens is 338 g/mol. The van der Waals surface area contributed by atoms with Crippen LogP contribution in [0.3, 0.4) is 0 Å². The lowest BCUT2D eigenvalue weighted by atomic mass is 10.2. The van der Waals surface area contributed by atoms with Gasteiger partial charge in [-0.2, -0.15) is 4.98 Å². The number of H-pyrrole nitrogens is 1. The smallest absolute Gasteiger partial charge is 0.328 e. The van der Waals surface area contributed by atoms with Crippen LogP contribution in [0.5, 0.6) is 0 Å². The van der Waals surface area contributed by atoms with Crippen LogP contribution in [0.4, 0.5) is 0 Å². The molecule has 0 spiro atoms. The fourth-order valence-electron chi connectivity index (χ4n) is 2.30. The van der Waals surface area contributed by atoms with E-state index in [9.17, 15) is 14.4 Å². The van der Waals surface area contributed by atoms with Crippen molar-refractivity contribution in [1.82, 2.24) is 25.0 Å². The van der Waals surface area contributed by atoms with Crippen LogP contribution in [0.25, 0.3) is 11.5 Å². The fraction of sp³-hybridized carbons (Fsp3) is 0.235. The Morgan fingerprint density at radius 1 is 1.19 bits per heavy atom. The van der Waals surface area contributed by atoms with Gasteiger partial charge in [0, 0.05) is 43.8 Å². The molecule has 0 aliphatic rings. The van der Waals surface area contributed by atoms with Gasteiger partial charge in [0.05, 0.1) is 0 Å². The third-order valence-electron chi connectivity index (χ3n) is 3.64. The summed E-state index contributed by atoms with van der Waals surface area (Å²) in [5, 5.41) is 6.62. The predicted octanol–water partition coefficient (Wildman–Crippen LogP) is 0.336. The first-order valence-corrected chi connectivity index (χ1v) is 8.06. The van der Waals surface area contributed by atoms with Gasteiger partial charge >= 0.3 is 5.69 Å². The van der Waals surface area contributed by atoms with Crippen molar-refractivity contribution in [3.63, 3.8) is 0 Å². The second-order valence-electron chi connectivity index (χ2n) is 5.54. The molecule has 0 aliphatic heterocycles. The molecule has 0 fully saturated rings. The molecule has 0 saturated carbocycles. The molecule has 9 heteroatoms. The van der Waals surface area contributed by atoms with E-state index in [1.165, 1.54) is 16.8 Å². The minimum absolute atomic E-state index is 0.119. The quantitative estimate of drug-likeness (QED) is 0.630. The molecule has 1 aromatic carbocycles. The zero-order valence-electron chi connectivity index (χ0n) is 13.8. The normalized spacial score (nSPS) is 10.6. The highest BCUT2D eigenvalue weighted by atomic mass is 16.5. The lowest BCUT2D eigenvalue weighted by Crippen LogP contribution is -2.31. The van der Waals surface area contributed by atoms with Gasteiger partial charge in [-0.1, -0.05) is 23.4 Å². The molecule has 2 heterocycles. The van der Waals surface area contributed by atoms with E-state index in [0.717, 1.165) is 5.56 Å². The van der Waals surface area contributed by atoms with Crippen molar-refractivity contribution in [1.29, 1.82) is 0 Å². The van der Waals surface area contributed by atoms with Crippen molar-refractivity contribution in [2.45, 2.75) is 19.4 Å². The van der Waals surface area contributed by atoms with Crippen LogP contribution in [0.15, 0.2) is 56.7 Å². The second-order valence-corrected chi connectivity index (χ2v) is 5.54. The molecule has 1 amide bonds. The molecule has 0 saturated heterocycles. The van der Waals surface area contributed by atoms with Crippen LogP contribution in [0.1, 0.15) is 12.2 Å². The van der Waals surface area contributed by atoms with E-state index < -0.39 is 11.2 Å². The van der Waals surface area contributed by atoms with Gasteiger partial charge in [-0.15, -0.1) is 0 Å². The lowest BCUT2D eigenvalue weighted by molar-refractivity contribution is -0.121. The number of benzene rings is 1. The average Bonchev–Trinajstić information content (AvgIpc) is 3.11. The van der Waals surface area contributed by atoms with Crippen molar-refractivity contribution in [2.75, 3.05) is 6.54 Å². The Kier molecular flexibility index (Phi) is 5.37. The number of hydrogen-bond donors (Lipinski definition) is 2. The number of aromatic amines is 1. The summed E-state index contributed by atoms with van der Waals surface area (Å²) < 4.78 is 6.47. The van der Waals surface area contributed by atoms with Crippen molar-refractivity contribution >= 4 is 5.91 Å². The topological polar surface area (TPSA) is 123 Å². The van der Waals surface area contributed by atoms with Gasteiger partial charge in [-0.25, -0.2) is 4.79 Å². The summed E-state index contributed by atoms with van der Waals surface area (Å²) in [6.07, 6.45) is 1.91. The zero-order valence-corrected chi connectivity index (χ0v) is 13.8. The number of amides is 1. The summed E-state index contributed by atoms with van der Waals surface area (Å²) in [5.41, 5.74) is -0.169. The van der Waals surface area contributed by atoms with Crippen LogP contribution in [0.2, 0.25) is 0 Å². The number of nitrogens with zero attached hydrogens (tertiary/aromatic N) is 3. The average molecular weight is 355 g/mol. The van der Waals surface area contributed by atoms with Crippen LogP contribution in [0, 0.1) is 0 Å². The Balaban J connectivity index is 1.45. The molecule has 0 atom stereocenters. The first-order chi connectivity index (χ1) is 12.6. The number of carbonyl (C=O) groups excluding carboxylic acids is 1. The first-order valence-electron chi connectivity index (χ1n) is 8.06. The van der Waals surface area contributed by atoms with Crippen molar-refractivity contribution in [2.24, 2.45) is 0 Å².